The number of amides is 1. The van der Waals surface area contributed by atoms with E-state index in [1.54, 1.807) is 6.08 Å². The van der Waals surface area contributed by atoms with Crippen molar-refractivity contribution >= 4 is 12.0 Å². The Labute approximate surface area is 155 Å². The molecule has 4 nitrogen and oxygen atoms in total. The van der Waals surface area contributed by atoms with Crippen LogP contribution in [0.25, 0.3) is 6.08 Å². The lowest BCUT2D eigenvalue weighted by atomic mass is 10.1. The number of nitrogens with zero attached hydrogens (tertiary/aromatic N) is 1. The largest absolute Gasteiger partial charge is 0.379 e. The van der Waals surface area contributed by atoms with Crippen LogP contribution in [-0.2, 0) is 22.6 Å². The first-order chi connectivity index (χ1) is 12.7. The number of ether oxygens (including phenoxy) is 1. The third kappa shape index (κ3) is 5.83. The van der Waals surface area contributed by atoms with Crippen LogP contribution in [0.4, 0.5) is 0 Å². The second kappa shape index (κ2) is 9.32. The van der Waals surface area contributed by atoms with Crippen molar-refractivity contribution in [3.8, 4) is 0 Å². The fourth-order valence-corrected chi connectivity index (χ4v) is 2.88. The molecule has 4 heteroatoms. The molecule has 0 atom stereocenters. The van der Waals surface area contributed by atoms with E-state index in [0.717, 1.165) is 44.0 Å². The number of benzene rings is 2. The fourth-order valence-electron chi connectivity index (χ4n) is 2.88. The molecule has 0 unspecified atom stereocenters. The maximum absolute atomic E-state index is 12.0. The predicted octanol–water partition coefficient (Wildman–Crippen LogP) is 3.16. The van der Waals surface area contributed by atoms with E-state index in [-0.39, 0.29) is 5.91 Å². The van der Waals surface area contributed by atoms with Crippen molar-refractivity contribution in [1.29, 1.82) is 0 Å². The van der Waals surface area contributed by atoms with Crippen LogP contribution in [0.3, 0.4) is 0 Å². The van der Waals surface area contributed by atoms with Crippen molar-refractivity contribution in [2.45, 2.75) is 20.0 Å². The molecule has 0 bridgehead atoms. The normalized spacial score (nSPS) is 15.3. The highest BCUT2D eigenvalue weighted by Gasteiger charge is 2.10. The molecular weight excluding hydrogens is 324 g/mol. The van der Waals surface area contributed by atoms with E-state index in [4.69, 9.17) is 4.74 Å². The van der Waals surface area contributed by atoms with E-state index in [1.807, 2.05) is 37.3 Å². The van der Waals surface area contributed by atoms with Crippen LogP contribution in [0.15, 0.2) is 54.6 Å². The van der Waals surface area contributed by atoms with E-state index < -0.39 is 0 Å². The summed E-state index contributed by atoms with van der Waals surface area (Å²) in [5, 5.41) is 2.93. The van der Waals surface area contributed by atoms with Crippen molar-refractivity contribution in [1.82, 2.24) is 10.2 Å². The highest BCUT2D eigenvalue weighted by atomic mass is 16.5. The van der Waals surface area contributed by atoms with Crippen molar-refractivity contribution in [3.63, 3.8) is 0 Å². The Morgan fingerprint density at radius 2 is 1.69 bits per heavy atom. The first-order valence-corrected chi connectivity index (χ1v) is 9.09. The minimum absolute atomic E-state index is 0.0806. The lowest BCUT2D eigenvalue weighted by Gasteiger charge is -2.26. The van der Waals surface area contributed by atoms with Gasteiger partial charge in [0, 0.05) is 32.3 Å². The Morgan fingerprint density at radius 1 is 1.04 bits per heavy atom. The second-order valence-electron chi connectivity index (χ2n) is 6.67. The highest BCUT2D eigenvalue weighted by Crippen LogP contribution is 2.09. The lowest BCUT2D eigenvalue weighted by Crippen LogP contribution is -2.35. The van der Waals surface area contributed by atoms with Gasteiger partial charge in [-0.05, 0) is 29.7 Å². The van der Waals surface area contributed by atoms with Crippen LogP contribution in [0.5, 0.6) is 0 Å². The van der Waals surface area contributed by atoms with Gasteiger partial charge in [-0.25, -0.2) is 0 Å². The van der Waals surface area contributed by atoms with Crippen LogP contribution in [0.2, 0.25) is 0 Å². The van der Waals surface area contributed by atoms with Gasteiger partial charge in [-0.2, -0.15) is 0 Å². The molecule has 0 aromatic heterocycles. The number of hydrogen-bond donors (Lipinski definition) is 1. The molecule has 136 valence electrons. The zero-order valence-corrected chi connectivity index (χ0v) is 15.3. The van der Waals surface area contributed by atoms with Crippen molar-refractivity contribution in [2.24, 2.45) is 0 Å². The first-order valence-electron chi connectivity index (χ1n) is 9.09. The first kappa shape index (κ1) is 18.4. The second-order valence-corrected chi connectivity index (χ2v) is 6.67. The Morgan fingerprint density at radius 3 is 2.38 bits per heavy atom. The molecule has 1 heterocycles. The molecule has 2 aromatic carbocycles. The van der Waals surface area contributed by atoms with Crippen LogP contribution in [0, 0.1) is 6.92 Å². The average molecular weight is 350 g/mol. The van der Waals surface area contributed by atoms with Gasteiger partial charge in [0.2, 0.25) is 5.91 Å². The summed E-state index contributed by atoms with van der Waals surface area (Å²) in [5.41, 5.74) is 4.64. The number of carbonyl (C=O) groups excluding carboxylic acids is 1. The summed E-state index contributed by atoms with van der Waals surface area (Å²) in [5.74, 6) is -0.0806. The molecule has 0 saturated carbocycles. The van der Waals surface area contributed by atoms with E-state index in [0.29, 0.717) is 6.54 Å². The lowest BCUT2D eigenvalue weighted by molar-refractivity contribution is -0.116. The minimum atomic E-state index is -0.0806. The number of aryl methyl sites for hydroxylation is 1. The van der Waals surface area contributed by atoms with Gasteiger partial charge in [0.1, 0.15) is 0 Å². The molecular formula is C22H26N2O2. The fraction of sp³-hybridized carbons (Fsp3) is 0.318. The standard InChI is InChI=1S/C22H26N2O2/c1-18-2-4-19(5-3-18)10-11-22(25)23-16-20-6-8-21(9-7-20)17-24-12-14-26-15-13-24/h2-11H,12-17H2,1H3,(H,23,25). The number of rotatable bonds is 6. The van der Waals surface area contributed by atoms with E-state index in [9.17, 15) is 4.79 Å². The van der Waals surface area contributed by atoms with Gasteiger partial charge in [-0.15, -0.1) is 0 Å². The molecule has 1 amide bonds. The molecule has 0 aliphatic carbocycles. The van der Waals surface area contributed by atoms with Crippen molar-refractivity contribution < 1.29 is 9.53 Å². The Balaban J connectivity index is 1.45. The maximum atomic E-state index is 12.0. The van der Waals surface area contributed by atoms with Crippen LogP contribution in [-0.4, -0.2) is 37.1 Å². The van der Waals surface area contributed by atoms with E-state index in [1.165, 1.54) is 11.1 Å². The van der Waals surface area contributed by atoms with Gasteiger partial charge in [0.05, 0.1) is 13.2 Å². The zero-order chi connectivity index (χ0) is 18.2. The summed E-state index contributed by atoms with van der Waals surface area (Å²) in [6, 6.07) is 16.5. The summed E-state index contributed by atoms with van der Waals surface area (Å²) in [4.78, 5) is 14.4. The number of morpholine rings is 1. The molecule has 1 aliphatic rings. The molecule has 1 saturated heterocycles. The predicted molar refractivity (Wildman–Crippen MR) is 105 cm³/mol. The Kier molecular flexibility index (Phi) is 6.58. The minimum Gasteiger partial charge on any atom is -0.379 e. The number of hydrogen-bond acceptors (Lipinski definition) is 3. The molecule has 26 heavy (non-hydrogen) atoms. The van der Waals surface area contributed by atoms with Crippen LogP contribution >= 0.6 is 0 Å². The van der Waals surface area contributed by atoms with Crippen LogP contribution < -0.4 is 5.32 Å². The van der Waals surface area contributed by atoms with Crippen molar-refractivity contribution in [2.75, 3.05) is 26.3 Å². The number of carbonyl (C=O) groups is 1. The molecule has 1 N–H and O–H groups in total. The molecule has 2 aromatic rings. The van der Waals surface area contributed by atoms with Crippen molar-refractivity contribution in [3.05, 3.63) is 76.9 Å². The summed E-state index contributed by atoms with van der Waals surface area (Å²) < 4.78 is 5.38. The third-order valence-corrected chi connectivity index (χ3v) is 4.50. The van der Waals surface area contributed by atoms with Gasteiger partial charge >= 0.3 is 0 Å². The SMILES string of the molecule is Cc1ccc(C=CC(=O)NCc2ccc(CN3CCOCC3)cc2)cc1. The number of nitrogens with one attached hydrogen (secondary N) is 1. The maximum Gasteiger partial charge on any atom is 0.244 e. The van der Waals surface area contributed by atoms with Gasteiger partial charge < -0.3 is 10.1 Å². The van der Waals surface area contributed by atoms with E-state index >= 15 is 0 Å². The third-order valence-electron chi connectivity index (χ3n) is 4.50. The summed E-state index contributed by atoms with van der Waals surface area (Å²) in [6.45, 7) is 7.16. The summed E-state index contributed by atoms with van der Waals surface area (Å²) >= 11 is 0. The Hall–Kier alpha value is -2.43. The van der Waals surface area contributed by atoms with E-state index in [2.05, 4.69) is 34.5 Å². The van der Waals surface area contributed by atoms with Gasteiger partial charge in [0.15, 0.2) is 0 Å². The zero-order valence-electron chi connectivity index (χ0n) is 15.3. The summed E-state index contributed by atoms with van der Waals surface area (Å²) in [6.07, 6.45) is 3.41. The van der Waals surface area contributed by atoms with Gasteiger partial charge in [-0.3, -0.25) is 9.69 Å². The Bertz CT molecular complexity index is 730. The molecule has 1 aliphatic heterocycles. The molecule has 0 spiro atoms. The topological polar surface area (TPSA) is 41.6 Å². The molecule has 0 radical (unpaired) electrons. The molecule has 3 rings (SSSR count). The van der Waals surface area contributed by atoms with Gasteiger partial charge in [0.25, 0.3) is 0 Å². The highest BCUT2D eigenvalue weighted by molar-refractivity contribution is 5.91. The quantitative estimate of drug-likeness (QED) is 0.814. The monoisotopic (exact) mass is 350 g/mol. The van der Waals surface area contributed by atoms with Crippen LogP contribution in [0.1, 0.15) is 22.3 Å². The smallest absolute Gasteiger partial charge is 0.244 e. The average Bonchev–Trinajstić information content (AvgIpc) is 2.68. The van der Waals surface area contributed by atoms with Gasteiger partial charge in [-0.1, -0.05) is 54.1 Å². The summed E-state index contributed by atoms with van der Waals surface area (Å²) in [7, 11) is 0. The molecule has 1 fully saturated rings.